The van der Waals surface area contributed by atoms with E-state index in [9.17, 15) is 4.79 Å². The van der Waals surface area contributed by atoms with Gasteiger partial charge >= 0.3 is 0 Å². The molecule has 0 aliphatic heterocycles. The van der Waals surface area contributed by atoms with Crippen LogP contribution >= 0.6 is 11.8 Å². The molecule has 8 heteroatoms. The van der Waals surface area contributed by atoms with Crippen molar-refractivity contribution in [3.63, 3.8) is 0 Å². The molecule has 0 unspecified atom stereocenters. The molecule has 7 nitrogen and oxygen atoms in total. The minimum absolute atomic E-state index is 0.0294. The fourth-order valence-corrected chi connectivity index (χ4v) is 2.47. The number of thioether (sulfide) groups is 1. The van der Waals surface area contributed by atoms with Gasteiger partial charge in [0.05, 0.1) is 12.3 Å². The van der Waals surface area contributed by atoms with Crippen LogP contribution in [-0.4, -0.2) is 45.0 Å². The van der Waals surface area contributed by atoms with Gasteiger partial charge in [0, 0.05) is 13.1 Å². The summed E-state index contributed by atoms with van der Waals surface area (Å²) in [5.41, 5.74) is 6.67. The van der Waals surface area contributed by atoms with Gasteiger partial charge in [-0.1, -0.05) is 42.1 Å². The topological polar surface area (TPSA) is 98.7 Å². The molecule has 0 atom stereocenters. The van der Waals surface area contributed by atoms with Gasteiger partial charge in [0.15, 0.2) is 0 Å². The first kappa shape index (κ1) is 15.5. The fraction of sp³-hybridized carbons (Fsp3) is 0.385. The Labute approximate surface area is 127 Å². The monoisotopic (exact) mass is 306 g/mol. The minimum Gasteiger partial charge on any atom is -0.355 e. The second kappa shape index (κ2) is 8.38. The molecule has 1 aromatic carbocycles. The van der Waals surface area contributed by atoms with E-state index in [1.54, 1.807) is 4.68 Å². The summed E-state index contributed by atoms with van der Waals surface area (Å²) in [6, 6.07) is 10.0. The zero-order chi connectivity index (χ0) is 14.9. The number of hydrogen-bond acceptors (Lipinski definition) is 6. The third-order valence-corrected chi connectivity index (χ3v) is 3.71. The van der Waals surface area contributed by atoms with Crippen LogP contribution in [0.4, 0.5) is 0 Å². The van der Waals surface area contributed by atoms with Crippen molar-refractivity contribution in [2.24, 2.45) is 5.73 Å². The van der Waals surface area contributed by atoms with Gasteiger partial charge < -0.3 is 11.1 Å². The van der Waals surface area contributed by atoms with E-state index in [1.807, 2.05) is 30.3 Å². The highest BCUT2D eigenvalue weighted by Crippen LogP contribution is 2.12. The Balaban J connectivity index is 1.69. The van der Waals surface area contributed by atoms with Crippen LogP contribution in [0.15, 0.2) is 35.5 Å². The SMILES string of the molecule is NCCn1nnnc1SCC(=O)NCCc1ccccc1. The number of benzene rings is 1. The molecule has 0 fully saturated rings. The van der Waals surface area contributed by atoms with Crippen molar-refractivity contribution in [2.75, 3.05) is 18.8 Å². The highest BCUT2D eigenvalue weighted by molar-refractivity contribution is 7.99. The van der Waals surface area contributed by atoms with Crippen LogP contribution in [0.3, 0.4) is 0 Å². The van der Waals surface area contributed by atoms with Crippen LogP contribution < -0.4 is 11.1 Å². The average Bonchev–Trinajstić information content (AvgIpc) is 2.94. The molecule has 2 aromatic rings. The Morgan fingerprint density at radius 3 is 2.90 bits per heavy atom. The van der Waals surface area contributed by atoms with Crippen LogP contribution in [0.5, 0.6) is 0 Å². The van der Waals surface area contributed by atoms with E-state index in [4.69, 9.17) is 5.73 Å². The number of tetrazole rings is 1. The lowest BCUT2D eigenvalue weighted by Gasteiger charge is -2.05. The Hall–Kier alpha value is -1.93. The second-order valence-corrected chi connectivity index (χ2v) is 5.29. The number of nitrogens with two attached hydrogens (primary N) is 1. The molecule has 0 aliphatic rings. The smallest absolute Gasteiger partial charge is 0.230 e. The number of carbonyl (C=O) groups excluding carboxylic acids is 1. The van der Waals surface area contributed by atoms with E-state index < -0.39 is 0 Å². The van der Waals surface area contributed by atoms with E-state index in [1.165, 1.54) is 17.3 Å². The molecule has 0 saturated carbocycles. The van der Waals surface area contributed by atoms with Crippen molar-refractivity contribution < 1.29 is 4.79 Å². The summed E-state index contributed by atoms with van der Waals surface area (Å²) in [6.45, 7) is 1.63. The van der Waals surface area contributed by atoms with Crippen LogP contribution in [0.1, 0.15) is 5.56 Å². The van der Waals surface area contributed by atoms with E-state index in [0.717, 1.165) is 6.42 Å². The molecule has 3 N–H and O–H groups in total. The first-order valence-corrected chi connectivity index (χ1v) is 7.68. The van der Waals surface area contributed by atoms with E-state index in [2.05, 4.69) is 20.8 Å². The molecule has 0 radical (unpaired) electrons. The standard InChI is InChI=1S/C13H18N6OS/c14-7-9-19-13(16-17-18-19)21-10-12(20)15-8-6-11-4-2-1-3-5-11/h1-5H,6-10,14H2,(H,15,20). The number of aromatic nitrogens is 4. The van der Waals surface area contributed by atoms with Gasteiger partial charge in [-0.3, -0.25) is 4.79 Å². The number of nitrogens with zero attached hydrogens (tertiary/aromatic N) is 4. The van der Waals surface area contributed by atoms with Gasteiger partial charge in [-0.25, -0.2) is 4.68 Å². The molecule has 1 amide bonds. The molecular formula is C13H18N6OS. The van der Waals surface area contributed by atoms with Gasteiger partial charge in [-0.2, -0.15) is 0 Å². The summed E-state index contributed by atoms with van der Waals surface area (Å²) in [5, 5.41) is 14.7. The first-order valence-electron chi connectivity index (χ1n) is 6.69. The molecular weight excluding hydrogens is 288 g/mol. The van der Waals surface area contributed by atoms with Crippen molar-refractivity contribution in [1.82, 2.24) is 25.5 Å². The zero-order valence-electron chi connectivity index (χ0n) is 11.6. The molecule has 2 rings (SSSR count). The summed E-state index contributed by atoms with van der Waals surface area (Å²) < 4.78 is 1.60. The maximum Gasteiger partial charge on any atom is 0.230 e. The summed E-state index contributed by atoms with van der Waals surface area (Å²) in [6.07, 6.45) is 0.822. The number of hydrogen-bond donors (Lipinski definition) is 2. The zero-order valence-corrected chi connectivity index (χ0v) is 12.4. The molecule has 0 bridgehead atoms. The quantitative estimate of drug-likeness (QED) is 0.670. The molecule has 0 aliphatic carbocycles. The fourth-order valence-electron chi connectivity index (χ4n) is 1.73. The third-order valence-electron chi connectivity index (χ3n) is 2.75. The normalized spacial score (nSPS) is 10.5. The molecule has 0 saturated heterocycles. The summed E-state index contributed by atoms with van der Waals surface area (Å²) in [4.78, 5) is 11.8. The second-order valence-electron chi connectivity index (χ2n) is 4.35. The largest absolute Gasteiger partial charge is 0.355 e. The number of carbonyl (C=O) groups is 1. The van der Waals surface area contributed by atoms with Crippen molar-refractivity contribution >= 4 is 17.7 Å². The van der Waals surface area contributed by atoms with Gasteiger partial charge in [-0.15, -0.1) is 5.10 Å². The maximum absolute atomic E-state index is 11.8. The highest BCUT2D eigenvalue weighted by atomic mass is 32.2. The Morgan fingerprint density at radius 1 is 1.33 bits per heavy atom. The van der Waals surface area contributed by atoms with E-state index >= 15 is 0 Å². The van der Waals surface area contributed by atoms with Crippen molar-refractivity contribution in [3.05, 3.63) is 35.9 Å². The number of nitrogens with one attached hydrogen (secondary N) is 1. The number of amides is 1. The van der Waals surface area contributed by atoms with Crippen LogP contribution in [0.2, 0.25) is 0 Å². The lowest BCUT2D eigenvalue weighted by Crippen LogP contribution is -2.27. The summed E-state index contributed by atoms with van der Waals surface area (Å²) >= 11 is 1.31. The average molecular weight is 306 g/mol. The first-order chi connectivity index (χ1) is 10.3. The predicted molar refractivity (Wildman–Crippen MR) is 80.8 cm³/mol. The van der Waals surface area contributed by atoms with Crippen molar-refractivity contribution in [2.45, 2.75) is 18.1 Å². The third kappa shape index (κ3) is 5.16. The maximum atomic E-state index is 11.8. The summed E-state index contributed by atoms with van der Waals surface area (Å²) in [5.74, 6) is 0.262. The van der Waals surface area contributed by atoms with Crippen LogP contribution in [-0.2, 0) is 17.8 Å². The molecule has 112 valence electrons. The number of rotatable bonds is 8. The lowest BCUT2D eigenvalue weighted by molar-refractivity contribution is -0.118. The van der Waals surface area contributed by atoms with Crippen LogP contribution in [0.25, 0.3) is 0 Å². The lowest BCUT2D eigenvalue weighted by atomic mass is 10.1. The highest BCUT2D eigenvalue weighted by Gasteiger charge is 2.09. The van der Waals surface area contributed by atoms with E-state index in [-0.39, 0.29) is 5.91 Å². The van der Waals surface area contributed by atoms with Crippen molar-refractivity contribution in [1.29, 1.82) is 0 Å². The molecule has 1 heterocycles. The van der Waals surface area contributed by atoms with Gasteiger partial charge in [0.25, 0.3) is 0 Å². The van der Waals surface area contributed by atoms with Crippen molar-refractivity contribution in [3.8, 4) is 0 Å². The molecule has 0 spiro atoms. The Kier molecular flexibility index (Phi) is 6.17. The Morgan fingerprint density at radius 2 is 2.14 bits per heavy atom. The Bertz CT molecular complexity index is 559. The molecule has 21 heavy (non-hydrogen) atoms. The molecule has 1 aromatic heterocycles. The van der Waals surface area contributed by atoms with Gasteiger partial charge in [-0.05, 0) is 22.4 Å². The van der Waals surface area contributed by atoms with Crippen LogP contribution in [0, 0.1) is 0 Å². The van der Waals surface area contributed by atoms with Gasteiger partial charge in [0.2, 0.25) is 11.1 Å². The van der Waals surface area contributed by atoms with Gasteiger partial charge in [0.1, 0.15) is 0 Å². The minimum atomic E-state index is -0.0294. The predicted octanol–water partition coefficient (Wildman–Crippen LogP) is 0.0828. The summed E-state index contributed by atoms with van der Waals surface area (Å²) in [7, 11) is 0. The van der Waals surface area contributed by atoms with E-state index in [0.29, 0.717) is 30.5 Å².